The van der Waals surface area contributed by atoms with Crippen LogP contribution in [0.1, 0.15) is 30.5 Å². The van der Waals surface area contributed by atoms with Crippen LogP contribution in [0.3, 0.4) is 0 Å². The van der Waals surface area contributed by atoms with Crippen molar-refractivity contribution in [3.63, 3.8) is 0 Å². The molecule has 1 atom stereocenters. The quantitative estimate of drug-likeness (QED) is 0.833. The monoisotopic (exact) mass is 285 g/mol. The summed E-state index contributed by atoms with van der Waals surface area (Å²) in [7, 11) is 0.323. The second kappa shape index (κ2) is 6.91. The van der Waals surface area contributed by atoms with Gasteiger partial charge in [-0.3, -0.25) is 0 Å². The fourth-order valence-corrected chi connectivity index (χ4v) is 3.75. The third-order valence-electron chi connectivity index (χ3n) is 3.04. The largest absolute Gasteiger partial charge is 0.496 e. The van der Waals surface area contributed by atoms with Gasteiger partial charge in [-0.05, 0) is 26.5 Å². The van der Waals surface area contributed by atoms with E-state index in [0.29, 0.717) is 6.42 Å². The van der Waals surface area contributed by atoms with E-state index in [9.17, 15) is 8.42 Å². The molecule has 1 aromatic carbocycles. The fraction of sp³-hybridized carbons (Fsp3) is 0.571. The minimum atomic E-state index is -3.05. The summed E-state index contributed by atoms with van der Waals surface area (Å²) >= 11 is 0. The average molecular weight is 285 g/mol. The third-order valence-corrected chi connectivity index (χ3v) is 4.92. The van der Waals surface area contributed by atoms with E-state index < -0.39 is 9.84 Å². The van der Waals surface area contributed by atoms with E-state index in [4.69, 9.17) is 4.74 Å². The van der Waals surface area contributed by atoms with E-state index in [0.717, 1.165) is 16.9 Å². The van der Waals surface area contributed by atoms with Crippen molar-refractivity contribution in [1.82, 2.24) is 5.32 Å². The lowest BCUT2D eigenvalue weighted by atomic mass is 10.0. The molecule has 0 radical (unpaired) electrons. The highest BCUT2D eigenvalue weighted by Gasteiger charge is 2.21. The summed E-state index contributed by atoms with van der Waals surface area (Å²) in [5, 5.41) is 3.08. The summed E-state index contributed by atoms with van der Waals surface area (Å²) in [6.45, 7) is 3.86. The predicted octanol–water partition coefficient (Wildman–Crippen LogP) is 2.09. The van der Waals surface area contributed by atoms with Gasteiger partial charge in [0.05, 0.1) is 12.9 Å². The van der Waals surface area contributed by atoms with Gasteiger partial charge in [0, 0.05) is 17.4 Å². The number of nitrogens with one attached hydrogen (secondary N) is 1. The number of hydrogen-bond donors (Lipinski definition) is 1. The van der Waals surface area contributed by atoms with Crippen LogP contribution in [-0.4, -0.2) is 34.1 Å². The Bertz CT molecular complexity index is 511. The zero-order valence-electron chi connectivity index (χ0n) is 12.1. The number of ether oxygens (including phenoxy) is 1. The van der Waals surface area contributed by atoms with Gasteiger partial charge in [0.15, 0.2) is 9.84 Å². The predicted molar refractivity (Wildman–Crippen MR) is 78.5 cm³/mol. The maximum atomic E-state index is 12.0. The normalized spacial score (nSPS) is 13.3. The second-order valence-corrected chi connectivity index (χ2v) is 6.93. The molecule has 0 spiro atoms. The molecule has 1 aromatic rings. The maximum absolute atomic E-state index is 12.0. The average Bonchev–Trinajstić information content (AvgIpc) is 2.36. The molecule has 4 nitrogen and oxygen atoms in total. The zero-order valence-corrected chi connectivity index (χ0v) is 12.9. The van der Waals surface area contributed by atoms with E-state index in [-0.39, 0.29) is 17.5 Å². The van der Waals surface area contributed by atoms with Gasteiger partial charge < -0.3 is 10.1 Å². The highest BCUT2D eigenvalue weighted by atomic mass is 32.2. The molecule has 1 N–H and O–H groups in total. The Kier molecular flexibility index (Phi) is 5.82. The first-order valence-electron chi connectivity index (χ1n) is 6.45. The highest BCUT2D eigenvalue weighted by molar-refractivity contribution is 7.91. The van der Waals surface area contributed by atoms with Crippen LogP contribution < -0.4 is 10.1 Å². The molecule has 0 aliphatic carbocycles. The molecule has 0 aliphatic rings. The van der Waals surface area contributed by atoms with Crippen LogP contribution in [-0.2, 0) is 9.84 Å². The van der Waals surface area contributed by atoms with Crippen LogP contribution in [0.25, 0.3) is 0 Å². The van der Waals surface area contributed by atoms with Gasteiger partial charge in [-0.1, -0.05) is 24.6 Å². The maximum Gasteiger partial charge on any atom is 0.152 e. The van der Waals surface area contributed by atoms with Crippen LogP contribution in [0, 0.1) is 6.92 Å². The molecular formula is C14H23NO3S. The topological polar surface area (TPSA) is 55.4 Å². The number of rotatable bonds is 7. The molecular weight excluding hydrogens is 262 g/mol. The van der Waals surface area contributed by atoms with Crippen molar-refractivity contribution in [3.8, 4) is 5.75 Å². The molecule has 0 saturated carbocycles. The Morgan fingerprint density at radius 1 is 1.37 bits per heavy atom. The molecule has 5 heteroatoms. The lowest BCUT2D eigenvalue weighted by Gasteiger charge is -2.20. The van der Waals surface area contributed by atoms with E-state index in [1.165, 1.54) is 0 Å². The number of sulfone groups is 1. The fourth-order valence-electron chi connectivity index (χ4n) is 2.10. The van der Waals surface area contributed by atoms with Gasteiger partial charge >= 0.3 is 0 Å². The molecule has 1 unspecified atom stereocenters. The first-order valence-corrected chi connectivity index (χ1v) is 8.28. The van der Waals surface area contributed by atoms with Crippen molar-refractivity contribution < 1.29 is 13.2 Å². The molecule has 0 aliphatic heterocycles. The smallest absolute Gasteiger partial charge is 0.152 e. The lowest BCUT2D eigenvalue weighted by molar-refractivity contribution is 0.403. The summed E-state index contributed by atoms with van der Waals surface area (Å²) in [5.41, 5.74) is 1.98. The standard InChI is InChI=1S/C14H23NO3S/c1-5-8-19(16,17)10-13(15-3)12-9-11(2)6-7-14(12)18-4/h6-7,9,13,15H,5,8,10H2,1-4H3. The van der Waals surface area contributed by atoms with E-state index in [1.54, 1.807) is 14.2 Å². The van der Waals surface area contributed by atoms with Gasteiger partial charge in [0.25, 0.3) is 0 Å². The molecule has 108 valence electrons. The Labute approximate surface area is 116 Å². The Hall–Kier alpha value is -1.07. The van der Waals surface area contributed by atoms with Crippen molar-refractivity contribution in [3.05, 3.63) is 29.3 Å². The first kappa shape index (κ1) is 16.0. The van der Waals surface area contributed by atoms with E-state index >= 15 is 0 Å². The van der Waals surface area contributed by atoms with Crippen molar-refractivity contribution in [2.24, 2.45) is 0 Å². The van der Waals surface area contributed by atoms with Crippen LogP contribution in [0.4, 0.5) is 0 Å². The van der Waals surface area contributed by atoms with Crippen molar-refractivity contribution in [2.75, 3.05) is 25.7 Å². The number of methoxy groups -OCH3 is 1. The summed E-state index contributed by atoms with van der Waals surface area (Å²) in [5.74, 6) is 1.04. The van der Waals surface area contributed by atoms with Crippen LogP contribution in [0.5, 0.6) is 5.75 Å². The van der Waals surface area contributed by atoms with Crippen LogP contribution in [0.2, 0.25) is 0 Å². The van der Waals surface area contributed by atoms with E-state index in [1.807, 2.05) is 32.0 Å². The highest BCUT2D eigenvalue weighted by Crippen LogP contribution is 2.27. The first-order chi connectivity index (χ1) is 8.93. The minimum absolute atomic E-state index is 0.0944. The van der Waals surface area contributed by atoms with Gasteiger partial charge in [0.2, 0.25) is 0 Å². The Morgan fingerprint density at radius 2 is 2.05 bits per heavy atom. The molecule has 0 saturated heterocycles. The molecule has 0 heterocycles. The number of hydrogen-bond acceptors (Lipinski definition) is 4. The molecule has 1 rings (SSSR count). The van der Waals surface area contributed by atoms with Gasteiger partial charge in [0.1, 0.15) is 5.75 Å². The van der Waals surface area contributed by atoms with Crippen LogP contribution in [0.15, 0.2) is 18.2 Å². The SMILES string of the molecule is CCCS(=O)(=O)CC(NC)c1cc(C)ccc1OC. The number of aryl methyl sites for hydroxylation is 1. The van der Waals surface area contributed by atoms with Crippen molar-refractivity contribution >= 4 is 9.84 Å². The third kappa shape index (κ3) is 4.51. The second-order valence-electron chi connectivity index (χ2n) is 4.70. The minimum Gasteiger partial charge on any atom is -0.496 e. The molecule has 0 fully saturated rings. The lowest BCUT2D eigenvalue weighted by Crippen LogP contribution is -2.27. The summed E-state index contributed by atoms with van der Waals surface area (Å²) in [6, 6.07) is 5.56. The molecule has 0 amide bonds. The van der Waals surface area contributed by atoms with Gasteiger partial charge in [-0.15, -0.1) is 0 Å². The number of benzene rings is 1. The van der Waals surface area contributed by atoms with E-state index in [2.05, 4.69) is 5.32 Å². The zero-order chi connectivity index (χ0) is 14.5. The summed E-state index contributed by atoms with van der Waals surface area (Å²) < 4.78 is 29.3. The molecule has 0 aromatic heterocycles. The van der Waals surface area contributed by atoms with Gasteiger partial charge in [-0.2, -0.15) is 0 Å². The van der Waals surface area contributed by atoms with Crippen molar-refractivity contribution in [2.45, 2.75) is 26.3 Å². The van der Waals surface area contributed by atoms with Crippen LogP contribution >= 0.6 is 0 Å². The molecule has 19 heavy (non-hydrogen) atoms. The van der Waals surface area contributed by atoms with Gasteiger partial charge in [-0.25, -0.2) is 8.42 Å². The summed E-state index contributed by atoms with van der Waals surface area (Å²) in [4.78, 5) is 0. The Balaban J connectivity index is 3.06. The summed E-state index contributed by atoms with van der Waals surface area (Å²) in [6.07, 6.45) is 0.643. The Morgan fingerprint density at radius 3 is 2.58 bits per heavy atom. The van der Waals surface area contributed by atoms with Crippen molar-refractivity contribution in [1.29, 1.82) is 0 Å². The molecule has 0 bridgehead atoms.